The number of ether oxygens (including phenoxy) is 1. The predicted molar refractivity (Wildman–Crippen MR) is 98.9 cm³/mol. The van der Waals surface area contributed by atoms with Crippen LogP contribution < -0.4 is 10.6 Å². The number of aromatic nitrogens is 3. The van der Waals surface area contributed by atoms with Crippen molar-refractivity contribution in [1.29, 1.82) is 0 Å². The maximum absolute atomic E-state index is 12.3. The van der Waals surface area contributed by atoms with Crippen LogP contribution in [0, 0.1) is 0 Å². The predicted octanol–water partition coefficient (Wildman–Crippen LogP) is -0.00760. The Morgan fingerprint density at radius 3 is 2.79 bits per heavy atom. The van der Waals surface area contributed by atoms with E-state index in [4.69, 9.17) is 4.74 Å². The lowest BCUT2D eigenvalue weighted by Crippen LogP contribution is -2.49. The van der Waals surface area contributed by atoms with E-state index in [2.05, 4.69) is 25.6 Å². The quantitative estimate of drug-likeness (QED) is 0.574. The Bertz CT molecular complexity index is 816. The van der Waals surface area contributed by atoms with Crippen molar-refractivity contribution < 1.29 is 19.4 Å². The van der Waals surface area contributed by atoms with Gasteiger partial charge in [0, 0.05) is 18.6 Å². The Morgan fingerprint density at radius 2 is 2.07 bits per heavy atom. The molecular formula is C19H21N5O4. The first-order valence-corrected chi connectivity index (χ1v) is 8.83. The fourth-order valence-corrected chi connectivity index (χ4v) is 2.73. The van der Waals surface area contributed by atoms with Crippen LogP contribution in [-0.2, 0) is 16.1 Å². The molecule has 146 valence electrons. The smallest absolute Gasteiger partial charge is 0.253 e. The third-order valence-electron chi connectivity index (χ3n) is 4.18. The van der Waals surface area contributed by atoms with Crippen molar-refractivity contribution in [1.82, 2.24) is 25.6 Å². The normalized spacial score (nSPS) is 21.1. The Labute approximate surface area is 161 Å². The first kappa shape index (κ1) is 19.6. The second-order valence-corrected chi connectivity index (χ2v) is 6.20. The van der Waals surface area contributed by atoms with Crippen LogP contribution in [0.2, 0.25) is 0 Å². The van der Waals surface area contributed by atoms with E-state index in [1.54, 1.807) is 42.7 Å². The molecule has 2 aromatic rings. The molecule has 3 heterocycles. The molecule has 3 rings (SSSR count). The van der Waals surface area contributed by atoms with Gasteiger partial charge in [-0.15, -0.1) is 0 Å². The molecule has 1 aliphatic rings. The number of carbonyl (C=O) groups is 2. The van der Waals surface area contributed by atoms with Gasteiger partial charge in [-0.3, -0.25) is 14.6 Å². The number of aliphatic hydroxyl groups excluding tert-OH is 1. The molecule has 0 spiro atoms. The fourth-order valence-electron chi connectivity index (χ4n) is 2.73. The van der Waals surface area contributed by atoms with Gasteiger partial charge < -0.3 is 20.5 Å². The molecule has 1 aliphatic heterocycles. The molecule has 0 aromatic carbocycles. The first-order valence-electron chi connectivity index (χ1n) is 8.83. The van der Waals surface area contributed by atoms with Gasteiger partial charge in [0.15, 0.2) is 0 Å². The lowest BCUT2D eigenvalue weighted by Gasteiger charge is -2.31. The molecule has 9 heteroatoms. The minimum atomic E-state index is -0.648. The molecule has 0 saturated heterocycles. The topological polar surface area (TPSA) is 126 Å². The van der Waals surface area contributed by atoms with Crippen molar-refractivity contribution in [3.8, 4) is 0 Å². The number of amides is 2. The van der Waals surface area contributed by atoms with Gasteiger partial charge in [0.2, 0.25) is 5.91 Å². The Kier molecular flexibility index (Phi) is 6.77. The highest BCUT2D eigenvalue weighted by molar-refractivity contribution is 5.94. The van der Waals surface area contributed by atoms with Crippen LogP contribution in [0.1, 0.15) is 22.5 Å². The van der Waals surface area contributed by atoms with Gasteiger partial charge in [-0.25, -0.2) is 9.97 Å². The molecule has 28 heavy (non-hydrogen) atoms. The zero-order valence-corrected chi connectivity index (χ0v) is 15.1. The molecule has 0 fully saturated rings. The number of nitrogens with zero attached hydrogens (tertiary/aromatic N) is 3. The highest BCUT2D eigenvalue weighted by atomic mass is 16.5. The van der Waals surface area contributed by atoms with Gasteiger partial charge in [-0.2, -0.15) is 0 Å². The molecule has 2 amide bonds. The summed E-state index contributed by atoms with van der Waals surface area (Å²) in [5.41, 5.74) is 1.12. The van der Waals surface area contributed by atoms with E-state index in [1.807, 2.05) is 0 Å². The van der Waals surface area contributed by atoms with Crippen LogP contribution in [0.4, 0.5) is 0 Å². The Balaban J connectivity index is 1.52. The zero-order chi connectivity index (χ0) is 19.8. The van der Waals surface area contributed by atoms with Gasteiger partial charge >= 0.3 is 0 Å². The molecule has 9 nitrogen and oxygen atoms in total. The Hall–Kier alpha value is -3.17. The summed E-state index contributed by atoms with van der Waals surface area (Å²) in [6.07, 6.45) is 8.47. The van der Waals surface area contributed by atoms with E-state index in [1.165, 1.54) is 12.5 Å². The number of nitrogens with one attached hydrogen (secondary N) is 2. The average molecular weight is 383 g/mol. The largest absolute Gasteiger partial charge is 0.394 e. The van der Waals surface area contributed by atoms with Gasteiger partial charge in [0.25, 0.3) is 5.91 Å². The molecule has 0 saturated carbocycles. The van der Waals surface area contributed by atoms with Crippen molar-refractivity contribution in [3.63, 3.8) is 0 Å². The van der Waals surface area contributed by atoms with Gasteiger partial charge in [0.05, 0.1) is 43.0 Å². The fraction of sp³-hybridized carbons (Fsp3) is 0.316. The van der Waals surface area contributed by atoms with E-state index in [9.17, 15) is 14.7 Å². The summed E-state index contributed by atoms with van der Waals surface area (Å²) in [6, 6.07) is 4.53. The molecule has 0 unspecified atom stereocenters. The van der Waals surface area contributed by atoms with Gasteiger partial charge in [-0.05, 0) is 18.2 Å². The maximum atomic E-state index is 12.3. The number of pyridine rings is 1. The molecule has 2 aromatic heterocycles. The number of hydrogen-bond acceptors (Lipinski definition) is 7. The number of aliphatic hydroxyl groups is 1. The number of hydrogen-bond donors (Lipinski definition) is 3. The summed E-state index contributed by atoms with van der Waals surface area (Å²) in [6.45, 7) is 0.00634. The number of rotatable bonds is 7. The van der Waals surface area contributed by atoms with Crippen LogP contribution in [0.25, 0.3) is 0 Å². The second-order valence-electron chi connectivity index (χ2n) is 6.20. The third-order valence-corrected chi connectivity index (χ3v) is 4.18. The van der Waals surface area contributed by atoms with Crippen molar-refractivity contribution >= 4 is 11.8 Å². The monoisotopic (exact) mass is 383 g/mol. The maximum Gasteiger partial charge on any atom is 0.253 e. The van der Waals surface area contributed by atoms with Crippen LogP contribution in [0.5, 0.6) is 0 Å². The summed E-state index contributed by atoms with van der Waals surface area (Å²) < 4.78 is 5.75. The molecule has 0 radical (unpaired) electrons. The van der Waals surface area contributed by atoms with E-state index in [-0.39, 0.29) is 24.8 Å². The second kappa shape index (κ2) is 9.67. The average Bonchev–Trinajstić information content (AvgIpc) is 2.74. The van der Waals surface area contributed by atoms with E-state index < -0.39 is 18.2 Å². The van der Waals surface area contributed by atoms with E-state index in [0.717, 1.165) is 0 Å². The summed E-state index contributed by atoms with van der Waals surface area (Å²) >= 11 is 0. The standard InChI is InChI=1S/C19H21N5O4/c25-11-17-16(24-19(27)13-2-1-6-20-9-13)4-3-15(28-17)8-18(26)22-10-14-5-7-21-12-23-14/h1-7,9,12,15-17,25H,8,10-11H2,(H,22,26)(H,24,27)/t15-,16-,17-/m0/s1. The zero-order valence-electron chi connectivity index (χ0n) is 15.1. The third kappa shape index (κ3) is 5.41. The summed E-state index contributed by atoms with van der Waals surface area (Å²) in [5, 5.41) is 15.2. The van der Waals surface area contributed by atoms with Crippen molar-refractivity contribution in [2.24, 2.45) is 0 Å². The van der Waals surface area contributed by atoms with Gasteiger partial charge in [0.1, 0.15) is 12.4 Å². The van der Waals surface area contributed by atoms with E-state index >= 15 is 0 Å². The highest BCUT2D eigenvalue weighted by Gasteiger charge is 2.29. The van der Waals surface area contributed by atoms with Crippen molar-refractivity contribution in [2.75, 3.05) is 6.61 Å². The van der Waals surface area contributed by atoms with Crippen LogP contribution >= 0.6 is 0 Å². The number of carbonyl (C=O) groups excluding carboxylic acids is 2. The molecule has 0 bridgehead atoms. The summed E-state index contributed by atoms with van der Waals surface area (Å²) in [4.78, 5) is 36.1. The highest BCUT2D eigenvalue weighted by Crippen LogP contribution is 2.16. The van der Waals surface area contributed by atoms with E-state index in [0.29, 0.717) is 17.8 Å². The van der Waals surface area contributed by atoms with Crippen molar-refractivity contribution in [2.45, 2.75) is 31.2 Å². The lowest BCUT2D eigenvalue weighted by atomic mass is 10.0. The first-order chi connectivity index (χ1) is 13.7. The van der Waals surface area contributed by atoms with Crippen molar-refractivity contribution in [3.05, 3.63) is 66.5 Å². The van der Waals surface area contributed by atoms with Crippen LogP contribution in [0.15, 0.2) is 55.3 Å². The molecule has 3 atom stereocenters. The molecular weight excluding hydrogens is 362 g/mol. The summed E-state index contributed by atoms with van der Waals surface area (Å²) in [5.74, 6) is -0.520. The Morgan fingerprint density at radius 1 is 1.18 bits per heavy atom. The lowest BCUT2D eigenvalue weighted by molar-refractivity contribution is -0.125. The molecule has 3 N–H and O–H groups in total. The molecule has 0 aliphatic carbocycles. The minimum Gasteiger partial charge on any atom is -0.394 e. The summed E-state index contributed by atoms with van der Waals surface area (Å²) in [7, 11) is 0. The minimum absolute atomic E-state index is 0.0986. The van der Waals surface area contributed by atoms with Crippen LogP contribution in [-0.4, -0.2) is 56.7 Å². The SMILES string of the molecule is O=C(C[C@@H]1C=C[C@H](NC(=O)c2cccnc2)[C@H](CO)O1)NCc1ccncn1. The van der Waals surface area contributed by atoms with Crippen LogP contribution in [0.3, 0.4) is 0 Å². The van der Waals surface area contributed by atoms with Gasteiger partial charge in [-0.1, -0.05) is 12.2 Å².